The molecular formula is C19H24N4O3. The van der Waals surface area contributed by atoms with Crippen molar-refractivity contribution in [1.82, 2.24) is 14.9 Å². The predicted octanol–water partition coefficient (Wildman–Crippen LogP) is 2.34. The fraction of sp³-hybridized carbons (Fsp3) is 0.421. The van der Waals surface area contributed by atoms with E-state index >= 15 is 0 Å². The Kier molecular flexibility index (Phi) is 5.68. The molecule has 1 aromatic carbocycles. The maximum Gasteiger partial charge on any atom is 0.341 e. The zero-order valence-corrected chi connectivity index (χ0v) is 15.1. The quantitative estimate of drug-likeness (QED) is 0.816. The topological polar surface area (TPSA) is 78.8 Å². The molecule has 0 amide bonds. The number of rotatable bonds is 7. The van der Waals surface area contributed by atoms with Gasteiger partial charge in [0.25, 0.3) is 0 Å². The molecule has 0 radical (unpaired) electrons. The molecule has 0 aliphatic carbocycles. The molecule has 2 heterocycles. The Labute approximate surface area is 153 Å². The highest BCUT2D eigenvalue weighted by atomic mass is 16.5. The number of ether oxygens (including phenoxy) is 1. The SMILES string of the molecule is CN(C)c1cncc([C@H]2CCCN2Cc2ccccc2OCC(=O)O)n1. The lowest BCUT2D eigenvalue weighted by Crippen LogP contribution is -2.25. The van der Waals surface area contributed by atoms with Gasteiger partial charge in [0, 0.05) is 26.2 Å². The number of para-hydroxylation sites is 1. The third kappa shape index (κ3) is 4.29. The van der Waals surface area contributed by atoms with E-state index < -0.39 is 5.97 Å². The van der Waals surface area contributed by atoms with E-state index in [0.717, 1.165) is 36.5 Å². The summed E-state index contributed by atoms with van der Waals surface area (Å²) >= 11 is 0. The number of aromatic nitrogens is 2. The molecule has 1 fully saturated rings. The molecule has 1 aliphatic heterocycles. The summed E-state index contributed by atoms with van der Waals surface area (Å²) in [5.41, 5.74) is 1.95. The number of hydrogen-bond acceptors (Lipinski definition) is 6. The Morgan fingerprint density at radius 2 is 2.15 bits per heavy atom. The van der Waals surface area contributed by atoms with Crippen molar-refractivity contribution in [3.63, 3.8) is 0 Å². The molecule has 138 valence electrons. The van der Waals surface area contributed by atoms with E-state index in [1.54, 1.807) is 6.20 Å². The van der Waals surface area contributed by atoms with Gasteiger partial charge in [-0.05, 0) is 25.5 Å². The fourth-order valence-electron chi connectivity index (χ4n) is 3.23. The monoisotopic (exact) mass is 356 g/mol. The van der Waals surface area contributed by atoms with Crippen LogP contribution in [0.3, 0.4) is 0 Å². The molecule has 0 spiro atoms. The van der Waals surface area contributed by atoms with Crippen LogP contribution in [0.2, 0.25) is 0 Å². The van der Waals surface area contributed by atoms with Gasteiger partial charge in [0.15, 0.2) is 6.61 Å². The standard InChI is InChI=1S/C19H24N4O3/c1-22(2)18-11-20-10-15(21-18)16-7-5-9-23(16)12-14-6-3-4-8-17(14)26-13-19(24)25/h3-4,6,8,10-11,16H,5,7,9,12-13H2,1-2H3,(H,24,25)/t16-/m1/s1. The van der Waals surface area contributed by atoms with Crippen LogP contribution < -0.4 is 9.64 Å². The lowest BCUT2D eigenvalue weighted by molar-refractivity contribution is -0.139. The van der Waals surface area contributed by atoms with Gasteiger partial charge in [-0.3, -0.25) is 9.88 Å². The molecular weight excluding hydrogens is 332 g/mol. The van der Waals surface area contributed by atoms with Gasteiger partial charge < -0.3 is 14.7 Å². The van der Waals surface area contributed by atoms with Crippen LogP contribution in [0.5, 0.6) is 5.75 Å². The Morgan fingerprint density at radius 3 is 2.92 bits per heavy atom. The first kappa shape index (κ1) is 18.1. The largest absolute Gasteiger partial charge is 0.482 e. The van der Waals surface area contributed by atoms with Crippen LogP contribution in [0.15, 0.2) is 36.7 Å². The molecule has 7 nitrogen and oxygen atoms in total. The van der Waals surface area contributed by atoms with Crippen molar-refractivity contribution in [2.45, 2.75) is 25.4 Å². The summed E-state index contributed by atoms with van der Waals surface area (Å²) in [7, 11) is 3.91. The molecule has 1 atom stereocenters. The highest BCUT2D eigenvalue weighted by Gasteiger charge is 2.28. The van der Waals surface area contributed by atoms with E-state index in [9.17, 15) is 4.79 Å². The van der Waals surface area contributed by atoms with Gasteiger partial charge >= 0.3 is 5.97 Å². The summed E-state index contributed by atoms with van der Waals surface area (Å²) < 4.78 is 5.44. The van der Waals surface area contributed by atoms with Crippen molar-refractivity contribution in [3.8, 4) is 5.75 Å². The smallest absolute Gasteiger partial charge is 0.341 e. The Morgan fingerprint density at radius 1 is 1.35 bits per heavy atom. The fourth-order valence-corrected chi connectivity index (χ4v) is 3.23. The molecule has 0 saturated carbocycles. The minimum Gasteiger partial charge on any atom is -0.482 e. The normalized spacial score (nSPS) is 17.2. The number of anilines is 1. The second kappa shape index (κ2) is 8.14. The van der Waals surface area contributed by atoms with Gasteiger partial charge in [-0.15, -0.1) is 0 Å². The second-order valence-corrected chi connectivity index (χ2v) is 6.62. The molecule has 0 unspecified atom stereocenters. The van der Waals surface area contributed by atoms with E-state index in [2.05, 4.69) is 9.88 Å². The van der Waals surface area contributed by atoms with Crippen LogP contribution in [0.1, 0.15) is 30.1 Å². The average molecular weight is 356 g/mol. The molecule has 1 saturated heterocycles. The van der Waals surface area contributed by atoms with E-state index in [4.69, 9.17) is 14.8 Å². The zero-order valence-electron chi connectivity index (χ0n) is 15.1. The maximum absolute atomic E-state index is 10.8. The molecule has 7 heteroatoms. The maximum atomic E-state index is 10.8. The number of carboxylic acids is 1. The Balaban J connectivity index is 1.77. The van der Waals surface area contributed by atoms with Crippen LogP contribution in [-0.2, 0) is 11.3 Å². The summed E-state index contributed by atoms with van der Waals surface area (Å²) in [6.45, 7) is 1.32. The first-order valence-electron chi connectivity index (χ1n) is 8.70. The van der Waals surface area contributed by atoms with Crippen LogP contribution in [-0.4, -0.2) is 53.2 Å². The Hall–Kier alpha value is -2.67. The number of benzene rings is 1. The minimum absolute atomic E-state index is 0.204. The summed E-state index contributed by atoms with van der Waals surface area (Å²) in [4.78, 5) is 24.2. The van der Waals surface area contributed by atoms with Gasteiger partial charge in [0.05, 0.1) is 24.1 Å². The number of carboxylic acid groups (broad SMARTS) is 1. The number of carbonyl (C=O) groups is 1. The van der Waals surface area contributed by atoms with E-state index in [0.29, 0.717) is 12.3 Å². The molecule has 3 rings (SSSR count). The van der Waals surface area contributed by atoms with Gasteiger partial charge in [-0.2, -0.15) is 0 Å². The molecule has 1 aliphatic rings. The molecule has 0 bridgehead atoms. The lowest BCUT2D eigenvalue weighted by Gasteiger charge is -2.25. The van der Waals surface area contributed by atoms with E-state index in [1.807, 2.05) is 49.5 Å². The number of hydrogen-bond donors (Lipinski definition) is 1. The summed E-state index contributed by atoms with van der Waals surface area (Å²) in [5, 5.41) is 8.86. The van der Waals surface area contributed by atoms with Gasteiger partial charge in [0.2, 0.25) is 0 Å². The highest BCUT2D eigenvalue weighted by Crippen LogP contribution is 2.34. The molecule has 26 heavy (non-hydrogen) atoms. The van der Waals surface area contributed by atoms with E-state index in [-0.39, 0.29) is 12.6 Å². The highest BCUT2D eigenvalue weighted by molar-refractivity contribution is 5.68. The zero-order chi connectivity index (χ0) is 18.5. The minimum atomic E-state index is -0.977. The third-order valence-electron chi connectivity index (χ3n) is 4.50. The molecule has 1 N–H and O–H groups in total. The van der Waals surface area contributed by atoms with Crippen molar-refractivity contribution >= 4 is 11.8 Å². The molecule has 2 aromatic rings. The lowest BCUT2D eigenvalue weighted by atomic mass is 10.1. The second-order valence-electron chi connectivity index (χ2n) is 6.62. The average Bonchev–Trinajstić information content (AvgIpc) is 3.09. The van der Waals surface area contributed by atoms with E-state index in [1.165, 1.54) is 0 Å². The van der Waals surface area contributed by atoms with Gasteiger partial charge in [-0.1, -0.05) is 18.2 Å². The summed E-state index contributed by atoms with van der Waals surface area (Å²) in [5.74, 6) is 0.489. The van der Waals surface area contributed by atoms with Crippen LogP contribution in [0.25, 0.3) is 0 Å². The Bertz CT molecular complexity index is 766. The van der Waals surface area contributed by atoms with Crippen LogP contribution in [0.4, 0.5) is 5.82 Å². The first-order chi connectivity index (χ1) is 12.5. The summed E-state index contributed by atoms with van der Waals surface area (Å²) in [6, 6.07) is 7.80. The first-order valence-corrected chi connectivity index (χ1v) is 8.70. The van der Waals surface area contributed by atoms with Gasteiger partial charge in [0.1, 0.15) is 11.6 Å². The summed E-state index contributed by atoms with van der Waals surface area (Å²) in [6.07, 6.45) is 5.72. The third-order valence-corrected chi connectivity index (χ3v) is 4.50. The van der Waals surface area contributed by atoms with Crippen LogP contribution in [0, 0.1) is 0 Å². The van der Waals surface area contributed by atoms with Crippen LogP contribution >= 0.6 is 0 Å². The molecule has 1 aromatic heterocycles. The van der Waals surface area contributed by atoms with Crippen molar-refractivity contribution in [2.24, 2.45) is 0 Å². The predicted molar refractivity (Wildman–Crippen MR) is 98.3 cm³/mol. The van der Waals surface area contributed by atoms with Gasteiger partial charge in [-0.25, -0.2) is 9.78 Å². The van der Waals surface area contributed by atoms with Crippen molar-refractivity contribution in [1.29, 1.82) is 0 Å². The number of nitrogens with zero attached hydrogens (tertiary/aromatic N) is 4. The van der Waals surface area contributed by atoms with Crippen molar-refractivity contribution in [2.75, 3.05) is 32.1 Å². The van der Waals surface area contributed by atoms with Crippen molar-refractivity contribution in [3.05, 3.63) is 47.9 Å². The number of likely N-dealkylation sites (tertiary alicyclic amines) is 1. The van der Waals surface area contributed by atoms with Crippen molar-refractivity contribution < 1.29 is 14.6 Å². The number of aliphatic carboxylic acids is 1.